The minimum absolute atomic E-state index is 0.731. The molecule has 0 aliphatic heterocycles. The molecule has 0 heterocycles. The van der Waals surface area contributed by atoms with Crippen molar-refractivity contribution in [1.29, 1.82) is 0 Å². The molecule has 0 spiro atoms. The molecule has 3 heteroatoms. The molecule has 0 saturated carbocycles. The van der Waals surface area contributed by atoms with Crippen LogP contribution in [0.25, 0.3) is 0 Å². The average Bonchev–Trinajstić information content (AvgIpc) is 1.78. The summed E-state index contributed by atoms with van der Waals surface area (Å²) in [5.74, 6) is 4.23. The van der Waals surface area contributed by atoms with Crippen molar-refractivity contribution < 1.29 is 4.21 Å². The van der Waals surface area contributed by atoms with E-state index >= 15 is 0 Å². The second kappa shape index (κ2) is 4.78. The van der Waals surface area contributed by atoms with Gasteiger partial charge in [-0.05, 0) is 24.6 Å². The van der Waals surface area contributed by atoms with E-state index in [-0.39, 0.29) is 0 Å². The van der Waals surface area contributed by atoms with Crippen molar-refractivity contribution in [3.8, 4) is 0 Å². The summed E-state index contributed by atoms with van der Waals surface area (Å²) in [6.45, 7) is 5.19. The normalized spacial score (nSPS) is 16.7. The van der Waals surface area contributed by atoms with E-state index in [4.69, 9.17) is 0 Å². The molecular weight excluding hydrogens is 158 g/mol. The third-order valence-electron chi connectivity index (χ3n) is 1.37. The highest BCUT2D eigenvalue weighted by Crippen LogP contribution is 2.01. The third kappa shape index (κ3) is 9.98. The van der Waals surface area contributed by atoms with Crippen LogP contribution in [0.3, 0.4) is 0 Å². The van der Waals surface area contributed by atoms with E-state index < -0.39 is 9.71 Å². The largest absolute Gasteiger partial charge is 0.253 e. The van der Waals surface area contributed by atoms with Crippen LogP contribution in [0.2, 0.25) is 0 Å². The lowest BCUT2D eigenvalue weighted by Crippen LogP contribution is -2.22. The molecule has 1 atom stereocenters. The Morgan fingerprint density at radius 3 is 2.45 bits per heavy atom. The molecule has 11 heavy (non-hydrogen) atoms. The van der Waals surface area contributed by atoms with Gasteiger partial charge < -0.3 is 0 Å². The zero-order valence-corrected chi connectivity index (χ0v) is 8.54. The Morgan fingerprint density at radius 1 is 1.55 bits per heavy atom. The maximum atomic E-state index is 11.0. The Hall–Kier alpha value is -0.0200. The summed E-state index contributed by atoms with van der Waals surface area (Å²) in [6.07, 6.45) is 3.89. The van der Waals surface area contributed by atoms with Gasteiger partial charge in [0.15, 0.2) is 0 Å². The molecule has 1 N–H and O–H groups in total. The molecule has 0 aromatic heterocycles. The smallest absolute Gasteiger partial charge is 0.0219 e. The minimum Gasteiger partial charge on any atom is -0.253 e. The van der Waals surface area contributed by atoms with Crippen LogP contribution in [-0.2, 0) is 9.71 Å². The topological polar surface area (TPSA) is 29.1 Å². The zero-order valence-electron chi connectivity index (χ0n) is 7.72. The maximum Gasteiger partial charge on any atom is 0.0219 e. The van der Waals surface area contributed by atoms with Gasteiger partial charge in [-0.2, -0.15) is 0 Å². The highest BCUT2D eigenvalue weighted by atomic mass is 32.2. The van der Waals surface area contributed by atoms with Crippen LogP contribution in [0.4, 0.5) is 0 Å². The summed E-state index contributed by atoms with van der Waals surface area (Å²) in [6, 6.07) is 0. The predicted octanol–water partition coefficient (Wildman–Crippen LogP) is 1.27. The molecule has 0 fully saturated rings. The van der Waals surface area contributed by atoms with E-state index in [1.165, 1.54) is 6.42 Å². The molecule has 0 rings (SSSR count). The Labute approximate surface area is 70.5 Å². The fraction of sp³-hybridized carbons (Fsp3) is 0.875. The second-order valence-corrected chi connectivity index (χ2v) is 5.73. The number of hydrogen-bond acceptors (Lipinski definition) is 1. The Kier molecular flexibility index (Phi) is 4.77. The van der Waals surface area contributed by atoms with Crippen LogP contribution in [0.5, 0.6) is 0 Å². The molecule has 2 nitrogen and oxygen atoms in total. The lowest BCUT2D eigenvalue weighted by atomic mass is 10.1. The fourth-order valence-corrected chi connectivity index (χ4v) is 1.37. The Morgan fingerprint density at radius 2 is 2.09 bits per heavy atom. The van der Waals surface area contributed by atoms with Crippen LogP contribution in [0.1, 0.15) is 26.7 Å². The Balaban J connectivity index is 3.30. The van der Waals surface area contributed by atoms with Gasteiger partial charge in [0.25, 0.3) is 0 Å². The van der Waals surface area contributed by atoms with Gasteiger partial charge in [-0.3, -0.25) is 4.21 Å². The highest BCUT2D eigenvalue weighted by molar-refractivity contribution is 7.97. The quantitative estimate of drug-likeness (QED) is 0.497. The highest BCUT2D eigenvalue weighted by Gasteiger charge is 1.95. The molecule has 0 aromatic carbocycles. The molecule has 0 aliphatic carbocycles. The molecule has 0 aromatic rings. The van der Waals surface area contributed by atoms with Crippen molar-refractivity contribution in [3.05, 3.63) is 0 Å². The number of nitrogens with one attached hydrogen (secondary N) is 1. The standard InChI is InChI=1S/C8H19NOS/c1-8(2)6-5-7-9-11(3,4)10/h8H,3,5-7H2,1-2,4H3,(H,9,10). The van der Waals surface area contributed by atoms with Gasteiger partial charge >= 0.3 is 0 Å². The van der Waals surface area contributed by atoms with Gasteiger partial charge in [-0.15, -0.1) is 0 Å². The SMILES string of the molecule is C=S(C)(=O)NCCCC(C)C. The second-order valence-electron chi connectivity index (χ2n) is 3.44. The summed E-state index contributed by atoms with van der Waals surface area (Å²) >= 11 is 0. The maximum absolute atomic E-state index is 11.0. The first-order valence-electron chi connectivity index (χ1n) is 3.98. The molecule has 0 bridgehead atoms. The van der Waals surface area contributed by atoms with Crippen molar-refractivity contribution in [2.45, 2.75) is 26.7 Å². The van der Waals surface area contributed by atoms with Crippen molar-refractivity contribution in [2.24, 2.45) is 5.92 Å². The predicted molar refractivity (Wildman–Crippen MR) is 53.3 cm³/mol. The van der Waals surface area contributed by atoms with E-state index in [1.807, 2.05) is 0 Å². The van der Waals surface area contributed by atoms with Gasteiger partial charge in [0.1, 0.15) is 0 Å². The first-order valence-corrected chi connectivity index (χ1v) is 6.12. The van der Waals surface area contributed by atoms with Crippen LogP contribution in [0.15, 0.2) is 0 Å². The van der Waals surface area contributed by atoms with E-state index in [9.17, 15) is 4.21 Å². The number of rotatable bonds is 5. The van der Waals surface area contributed by atoms with Crippen molar-refractivity contribution >= 4 is 15.6 Å². The number of hydrogen-bond donors (Lipinski definition) is 1. The van der Waals surface area contributed by atoms with Gasteiger partial charge in [-0.1, -0.05) is 13.8 Å². The van der Waals surface area contributed by atoms with Crippen LogP contribution < -0.4 is 4.72 Å². The van der Waals surface area contributed by atoms with Crippen molar-refractivity contribution in [1.82, 2.24) is 4.72 Å². The molecule has 0 radical (unpaired) electrons. The van der Waals surface area contributed by atoms with Crippen LogP contribution in [-0.4, -0.2) is 22.9 Å². The molecule has 1 unspecified atom stereocenters. The molecule has 0 aliphatic rings. The molecule has 0 amide bonds. The van der Waals surface area contributed by atoms with Crippen LogP contribution >= 0.6 is 0 Å². The van der Waals surface area contributed by atoms with Gasteiger partial charge in [0.05, 0.1) is 0 Å². The molecular formula is C8H19NOS. The first-order chi connectivity index (χ1) is 4.92. The average molecular weight is 177 g/mol. The first kappa shape index (κ1) is 11.0. The lowest BCUT2D eigenvalue weighted by molar-refractivity contribution is 0.552. The monoisotopic (exact) mass is 177 g/mol. The van der Waals surface area contributed by atoms with E-state index in [2.05, 4.69) is 24.4 Å². The van der Waals surface area contributed by atoms with E-state index in [0.717, 1.165) is 18.9 Å². The Bertz CT molecular complexity index is 182. The fourth-order valence-electron chi connectivity index (χ4n) is 0.798. The van der Waals surface area contributed by atoms with Crippen molar-refractivity contribution in [3.63, 3.8) is 0 Å². The lowest BCUT2D eigenvalue weighted by Gasteiger charge is -2.06. The summed E-state index contributed by atoms with van der Waals surface area (Å²) in [5.41, 5.74) is 0. The van der Waals surface area contributed by atoms with Crippen LogP contribution in [0, 0.1) is 5.92 Å². The minimum atomic E-state index is -1.97. The molecule has 68 valence electrons. The summed E-state index contributed by atoms with van der Waals surface area (Å²) < 4.78 is 13.9. The summed E-state index contributed by atoms with van der Waals surface area (Å²) in [5, 5.41) is 0. The van der Waals surface area contributed by atoms with Gasteiger partial charge in [0, 0.05) is 22.5 Å². The summed E-state index contributed by atoms with van der Waals surface area (Å²) in [7, 11) is -1.97. The van der Waals surface area contributed by atoms with Crippen molar-refractivity contribution in [2.75, 3.05) is 12.8 Å². The third-order valence-corrected chi connectivity index (χ3v) is 2.18. The van der Waals surface area contributed by atoms with E-state index in [1.54, 1.807) is 6.26 Å². The summed E-state index contributed by atoms with van der Waals surface area (Å²) in [4.78, 5) is 0. The molecule has 0 saturated heterocycles. The van der Waals surface area contributed by atoms with E-state index in [0.29, 0.717) is 0 Å². The zero-order chi connectivity index (χ0) is 8.91. The van der Waals surface area contributed by atoms with Gasteiger partial charge in [0.2, 0.25) is 0 Å². The van der Waals surface area contributed by atoms with Gasteiger partial charge in [-0.25, -0.2) is 4.72 Å².